The quantitative estimate of drug-likeness (QED) is 0.739. The summed E-state index contributed by atoms with van der Waals surface area (Å²) in [5, 5.41) is 7.57. The van der Waals surface area contributed by atoms with Crippen LogP contribution in [0.25, 0.3) is 0 Å². The highest BCUT2D eigenvalue weighted by molar-refractivity contribution is 4.99. The average Bonchev–Trinajstić information content (AvgIpc) is 2.30. The third-order valence-electron chi connectivity index (χ3n) is 1.62. The molecule has 15 heavy (non-hydrogen) atoms. The lowest BCUT2D eigenvalue weighted by molar-refractivity contribution is 0.318. The van der Waals surface area contributed by atoms with E-state index in [4.69, 9.17) is 5.11 Å². The SMILES string of the molecule is CCCCCC.CCO.c1ccccc1. The zero-order valence-electron chi connectivity index (χ0n) is 10.4. The van der Waals surface area contributed by atoms with E-state index in [1.807, 2.05) is 36.4 Å². The molecule has 1 heteroatoms. The number of hydrogen-bond acceptors (Lipinski definition) is 1. The van der Waals surface area contributed by atoms with Crippen molar-refractivity contribution < 1.29 is 5.11 Å². The first-order valence-electron chi connectivity index (χ1n) is 5.94. The highest BCUT2D eigenvalue weighted by Gasteiger charge is 1.75. The molecule has 88 valence electrons. The molecule has 0 aliphatic carbocycles. The zero-order chi connectivity index (χ0) is 11.8. The maximum absolute atomic E-state index is 7.57. The number of aliphatic hydroxyl groups excluding tert-OH is 1. The van der Waals surface area contributed by atoms with E-state index < -0.39 is 0 Å². The second-order valence-electron chi connectivity index (χ2n) is 3.18. The van der Waals surface area contributed by atoms with E-state index in [1.54, 1.807) is 6.92 Å². The van der Waals surface area contributed by atoms with Gasteiger partial charge >= 0.3 is 0 Å². The Morgan fingerprint density at radius 2 is 0.867 bits per heavy atom. The summed E-state index contributed by atoms with van der Waals surface area (Å²) in [6.45, 7) is 6.39. The Morgan fingerprint density at radius 3 is 1.00 bits per heavy atom. The Hall–Kier alpha value is -0.820. The minimum Gasteiger partial charge on any atom is -0.397 e. The van der Waals surface area contributed by atoms with Gasteiger partial charge in [0.2, 0.25) is 0 Å². The van der Waals surface area contributed by atoms with Gasteiger partial charge in [0.1, 0.15) is 0 Å². The van der Waals surface area contributed by atoms with Crippen LogP contribution in [-0.4, -0.2) is 11.7 Å². The van der Waals surface area contributed by atoms with Gasteiger partial charge in [-0.3, -0.25) is 0 Å². The number of benzene rings is 1. The van der Waals surface area contributed by atoms with Gasteiger partial charge in [-0.25, -0.2) is 0 Å². The van der Waals surface area contributed by atoms with E-state index in [1.165, 1.54) is 25.7 Å². The highest BCUT2D eigenvalue weighted by atomic mass is 16.2. The Bertz CT molecular complexity index is 130. The van der Waals surface area contributed by atoms with E-state index in [2.05, 4.69) is 13.8 Å². The molecule has 1 nitrogen and oxygen atoms in total. The first-order valence-corrected chi connectivity index (χ1v) is 5.94. The number of aliphatic hydroxyl groups is 1. The molecular weight excluding hydrogens is 184 g/mol. The van der Waals surface area contributed by atoms with Gasteiger partial charge in [-0.1, -0.05) is 75.9 Å². The molecule has 0 amide bonds. The van der Waals surface area contributed by atoms with Crippen LogP contribution in [0.3, 0.4) is 0 Å². The third kappa shape index (κ3) is 24.6. The van der Waals surface area contributed by atoms with Crippen molar-refractivity contribution in [1.82, 2.24) is 0 Å². The minimum atomic E-state index is 0.250. The van der Waals surface area contributed by atoms with Gasteiger partial charge in [0.15, 0.2) is 0 Å². The first kappa shape index (κ1) is 16.6. The van der Waals surface area contributed by atoms with Gasteiger partial charge in [-0.2, -0.15) is 0 Å². The van der Waals surface area contributed by atoms with Crippen molar-refractivity contribution in [2.75, 3.05) is 6.61 Å². The fourth-order valence-corrected chi connectivity index (χ4v) is 0.885. The first-order chi connectivity index (χ1) is 7.33. The molecule has 1 N–H and O–H groups in total. The van der Waals surface area contributed by atoms with Gasteiger partial charge in [0.05, 0.1) is 0 Å². The van der Waals surface area contributed by atoms with Gasteiger partial charge in [-0.05, 0) is 6.92 Å². The largest absolute Gasteiger partial charge is 0.397 e. The maximum Gasteiger partial charge on any atom is 0.0402 e. The van der Waals surface area contributed by atoms with Crippen molar-refractivity contribution >= 4 is 0 Å². The van der Waals surface area contributed by atoms with Crippen LogP contribution in [0.4, 0.5) is 0 Å². The number of unbranched alkanes of at least 4 members (excludes halogenated alkanes) is 3. The summed E-state index contributed by atoms with van der Waals surface area (Å²) in [5.41, 5.74) is 0. The predicted molar refractivity (Wildman–Crippen MR) is 69.0 cm³/mol. The van der Waals surface area contributed by atoms with Crippen LogP contribution < -0.4 is 0 Å². The molecule has 0 fully saturated rings. The normalized spacial score (nSPS) is 8.00. The van der Waals surface area contributed by atoms with E-state index in [0.717, 1.165) is 0 Å². The summed E-state index contributed by atoms with van der Waals surface area (Å²) < 4.78 is 0. The van der Waals surface area contributed by atoms with Crippen LogP contribution in [-0.2, 0) is 0 Å². The average molecular weight is 210 g/mol. The van der Waals surface area contributed by atoms with Gasteiger partial charge in [0, 0.05) is 6.61 Å². The Morgan fingerprint density at radius 1 is 0.667 bits per heavy atom. The van der Waals surface area contributed by atoms with E-state index in [0.29, 0.717) is 0 Å². The summed E-state index contributed by atoms with van der Waals surface area (Å²) in [4.78, 5) is 0. The predicted octanol–water partition coefficient (Wildman–Crippen LogP) is 4.27. The van der Waals surface area contributed by atoms with Crippen molar-refractivity contribution in [2.45, 2.75) is 46.5 Å². The van der Waals surface area contributed by atoms with Crippen LogP contribution in [0.5, 0.6) is 0 Å². The molecule has 1 rings (SSSR count). The highest BCUT2D eigenvalue weighted by Crippen LogP contribution is 1.95. The fourth-order valence-electron chi connectivity index (χ4n) is 0.885. The lowest BCUT2D eigenvalue weighted by atomic mass is 10.2. The summed E-state index contributed by atoms with van der Waals surface area (Å²) >= 11 is 0. The second-order valence-corrected chi connectivity index (χ2v) is 3.18. The van der Waals surface area contributed by atoms with Gasteiger partial charge in [0.25, 0.3) is 0 Å². The Kier molecular flexibility index (Phi) is 20.9. The molecular formula is C14H26O. The molecule has 0 unspecified atom stereocenters. The Labute approximate surface area is 95.2 Å². The molecule has 0 saturated heterocycles. The lowest BCUT2D eigenvalue weighted by Crippen LogP contribution is -1.66. The van der Waals surface area contributed by atoms with Crippen molar-refractivity contribution in [2.24, 2.45) is 0 Å². The van der Waals surface area contributed by atoms with Crippen LogP contribution in [0, 0.1) is 0 Å². The van der Waals surface area contributed by atoms with Crippen LogP contribution in [0.1, 0.15) is 46.5 Å². The van der Waals surface area contributed by atoms with Crippen molar-refractivity contribution in [3.63, 3.8) is 0 Å². The molecule has 0 bridgehead atoms. The van der Waals surface area contributed by atoms with E-state index in [-0.39, 0.29) is 6.61 Å². The summed E-state index contributed by atoms with van der Waals surface area (Å²) in [6.07, 6.45) is 5.54. The van der Waals surface area contributed by atoms with Crippen LogP contribution in [0.15, 0.2) is 36.4 Å². The maximum atomic E-state index is 7.57. The zero-order valence-corrected chi connectivity index (χ0v) is 10.4. The monoisotopic (exact) mass is 210 g/mol. The fraction of sp³-hybridized carbons (Fsp3) is 0.571. The smallest absolute Gasteiger partial charge is 0.0402 e. The Balaban J connectivity index is 0. The molecule has 0 aromatic heterocycles. The van der Waals surface area contributed by atoms with Crippen molar-refractivity contribution in [3.8, 4) is 0 Å². The van der Waals surface area contributed by atoms with E-state index >= 15 is 0 Å². The van der Waals surface area contributed by atoms with Crippen LogP contribution >= 0.6 is 0 Å². The summed E-state index contributed by atoms with van der Waals surface area (Å²) in [5.74, 6) is 0. The van der Waals surface area contributed by atoms with Gasteiger partial charge in [-0.15, -0.1) is 0 Å². The molecule has 0 aliphatic heterocycles. The molecule has 1 aromatic carbocycles. The summed E-state index contributed by atoms with van der Waals surface area (Å²) in [6, 6.07) is 12.0. The molecule has 0 saturated carbocycles. The molecule has 0 aliphatic rings. The van der Waals surface area contributed by atoms with E-state index in [9.17, 15) is 0 Å². The molecule has 0 radical (unpaired) electrons. The lowest BCUT2D eigenvalue weighted by Gasteiger charge is -1.86. The summed E-state index contributed by atoms with van der Waals surface area (Å²) in [7, 11) is 0. The van der Waals surface area contributed by atoms with Crippen molar-refractivity contribution in [1.29, 1.82) is 0 Å². The molecule has 0 heterocycles. The molecule has 0 spiro atoms. The topological polar surface area (TPSA) is 20.2 Å². The molecule has 1 aromatic rings. The van der Waals surface area contributed by atoms with Crippen molar-refractivity contribution in [3.05, 3.63) is 36.4 Å². The second kappa shape index (κ2) is 18.9. The standard InChI is InChI=1S/C6H6.C6H14.C2H6O/c1-2-4-6-5-3-1;1-3-5-6-4-2;1-2-3/h1-6H;3-6H2,1-2H3;3H,2H2,1H3. The number of hydrogen-bond donors (Lipinski definition) is 1. The molecule has 0 atom stereocenters. The number of rotatable bonds is 3. The third-order valence-corrected chi connectivity index (χ3v) is 1.62. The minimum absolute atomic E-state index is 0.250. The van der Waals surface area contributed by atoms with Crippen LogP contribution in [0.2, 0.25) is 0 Å². The van der Waals surface area contributed by atoms with Gasteiger partial charge < -0.3 is 5.11 Å².